The van der Waals surface area contributed by atoms with Gasteiger partial charge in [-0.3, -0.25) is 0 Å². The number of carboxylic acids is 1. The van der Waals surface area contributed by atoms with E-state index in [0.29, 0.717) is 16.0 Å². The first-order chi connectivity index (χ1) is 7.61. The molecule has 0 amide bonds. The summed E-state index contributed by atoms with van der Waals surface area (Å²) in [4.78, 5) is 11.0. The Morgan fingerprint density at radius 2 is 1.94 bits per heavy atom. The Bertz CT molecular complexity index is 529. The average Bonchev–Trinajstić information content (AvgIpc) is 2.55. The number of aryl methyl sites for hydroxylation is 1. The zero-order chi connectivity index (χ0) is 11.7. The molecule has 0 aliphatic rings. The van der Waals surface area contributed by atoms with E-state index in [2.05, 4.69) is 15.9 Å². The van der Waals surface area contributed by atoms with Crippen LogP contribution in [0.2, 0.25) is 0 Å². The first-order valence-corrected chi connectivity index (χ1v) is 5.48. The van der Waals surface area contributed by atoms with Crippen LogP contribution < -0.4 is 0 Å². The van der Waals surface area contributed by atoms with Crippen molar-refractivity contribution in [3.63, 3.8) is 0 Å². The molecule has 1 heterocycles. The Balaban J connectivity index is 2.61. The van der Waals surface area contributed by atoms with Crippen LogP contribution in [0.1, 0.15) is 16.1 Å². The van der Waals surface area contributed by atoms with Gasteiger partial charge >= 0.3 is 5.97 Å². The third-order valence-electron chi connectivity index (χ3n) is 2.28. The molecule has 0 saturated heterocycles. The molecule has 16 heavy (non-hydrogen) atoms. The van der Waals surface area contributed by atoms with Crippen molar-refractivity contribution in [2.75, 3.05) is 0 Å². The summed E-state index contributed by atoms with van der Waals surface area (Å²) in [6.07, 6.45) is 0. The van der Waals surface area contributed by atoms with Crippen molar-refractivity contribution in [3.8, 4) is 11.3 Å². The SMILES string of the molecule is Cc1oc(-c2ccccc2)c(Br)c1C(=O)O. The van der Waals surface area contributed by atoms with Crippen LogP contribution in [0, 0.1) is 6.92 Å². The quantitative estimate of drug-likeness (QED) is 0.912. The minimum absolute atomic E-state index is 0.179. The minimum atomic E-state index is -0.990. The van der Waals surface area contributed by atoms with Crippen molar-refractivity contribution >= 4 is 21.9 Å². The molecule has 2 rings (SSSR count). The molecule has 0 atom stereocenters. The van der Waals surface area contributed by atoms with E-state index >= 15 is 0 Å². The fraction of sp³-hybridized carbons (Fsp3) is 0.0833. The van der Waals surface area contributed by atoms with Crippen LogP contribution in [0.3, 0.4) is 0 Å². The van der Waals surface area contributed by atoms with Crippen LogP contribution in [-0.2, 0) is 0 Å². The number of hydrogen-bond acceptors (Lipinski definition) is 2. The van der Waals surface area contributed by atoms with Gasteiger partial charge in [0.2, 0.25) is 0 Å². The number of hydrogen-bond donors (Lipinski definition) is 1. The molecule has 0 spiro atoms. The van der Waals surface area contributed by atoms with Crippen LogP contribution in [0.25, 0.3) is 11.3 Å². The third kappa shape index (κ3) is 1.76. The summed E-state index contributed by atoms with van der Waals surface area (Å²) in [5.41, 5.74) is 1.03. The number of rotatable bonds is 2. The highest BCUT2D eigenvalue weighted by atomic mass is 79.9. The number of halogens is 1. The summed E-state index contributed by atoms with van der Waals surface area (Å²) in [5.74, 6) is -0.0379. The molecule has 2 aromatic rings. The van der Waals surface area contributed by atoms with Crippen molar-refractivity contribution < 1.29 is 14.3 Å². The fourth-order valence-electron chi connectivity index (χ4n) is 1.54. The van der Waals surface area contributed by atoms with E-state index in [1.54, 1.807) is 6.92 Å². The first kappa shape index (κ1) is 11.0. The van der Waals surface area contributed by atoms with E-state index in [9.17, 15) is 4.79 Å². The van der Waals surface area contributed by atoms with Crippen LogP contribution in [0.15, 0.2) is 39.2 Å². The lowest BCUT2D eigenvalue weighted by molar-refractivity contribution is 0.0694. The standard InChI is InChI=1S/C12H9BrO3/c1-7-9(12(14)15)10(13)11(16-7)8-5-3-2-4-6-8/h2-6H,1H3,(H,14,15). The fourth-order valence-corrected chi connectivity index (χ4v) is 2.30. The van der Waals surface area contributed by atoms with Crippen molar-refractivity contribution in [1.82, 2.24) is 0 Å². The molecule has 0 bridgehead atoms. The van der Waals surface area contributed by atoms with Gasteiger partial charge in [-0.2, -0.15) is 0 Å². The molecule has 3 nitrogen and oxygen atoms in total. The van der Waals surface area contributed by atoms with Gasteiger partial charge < -0.3 is 9.52 Å². The predicted molar refractivity (Wildman–Crippen MR) is 63.5 cm³/mol. The van der Waals surface area contributed by atoms with E-state index in [4.69, 9.17) is 9.52 Å². The molecule has 0 saturated carbocycles. The lowest BCUT2D eigenvalue weighted by atomic mass is 10.1. The summed E-state index contributed by atoms with van der Waals surface area (Å²) in [7, 11) is 0. The molecule has 82 valence electrons. The number of furan rings is 1. The summed E-state index contributed by atoms with van der Waals surface area (Å²) < 4.78 is 5.95. The van der Waals surface area contributed by atoms with Crippen molar-refractivity contribution in [2.45, 2.75) is 6.92 Å². The Morgan fingerprint density at radius 1 is 1.31 bits per heavy atom. The van der Waals surface area contributed by atoms with Gasteiger partial charge in [0.15, 0.2) is 0 Å². The van der Waals surface area contributed by atoms with Crippen molar-refractivity contribution in [2.24, 2.45) is 0 Å². The first-order valence-electron chi connectivity index (χ1n) is 4.69. The number of benzene rings is 1. The molecular weight excluding hydrogens is 272 g/mol. The lowest BCUT2D eigenvalue weighted by Crippen LogP contribution is -1.96. The maximum atomic E-state index is 11.0. The van der Waals surface area contributed by atoms with Crippen LogP contribution in [0.5, 0.6) is 0 Å². The Kier molecular flexibility index (Phi) is 2.83. The maximum absolute atomic E-state index is 11.0. The second-order valence-corrected chi connectivity index (χ2v) is 4.14. The molecule has 0 aliphatic heterocycles. The zero-order valence-corrected chi connectivity index (χ0v) is 10.1. The highest BCUT2D eigenvalue weighted by Crippen LogP contribution is 2.35. The highest BCUT2D eigenvalue weighted by molar-refractivity contribution is 9.10. The summed E-state index contributed by atoms with van der Waals surface area (Å²) in [5, 5.41) is 9.02. The van der Waals surface area contributed by atoms with Gasteiger partial charge in [-0.25, -0.2) is 4.79 Å². The number of carboxylic acid groups (broad SMARTS) is 1. The molecule has 4 heteroatoms. The monoisotopic (exact) mass is 280 g/mol. The molecule has 0 radical (unpaired) electrons. The number of carbonyl (C=O) groups is 1. The van der Waals surface area contributed by atoms with E-state index < -0.39 is 5.97 Å². The second kappa shape index (κ2) is 4.14. The Hall–Kier alpha value is -1.55. The van der Waals surface area contributed by atoms with E-state index in [-0.39, 0.29) is 5.56 Å². The van der Waals surface area contributed by atoms with Crippen LogP contribution >= 0.6 is 15.9 Å². The van der Waals surface area contributed by atoms with E-state index in [1.807, 2.05) is 30.3 Å². The molecular formula is C12H9BrO3. The van der Waals surface area contributed by atoms with Crippen molar-refractivity contribution in [1.29, 1.82) is 0 Å². The smallest absolute Gasteiger partial charge is 0.340 e. The van der Waals surface area contributed by atoms with Gasteiger partial charge in [-0.15, -0.1) is 0 Å². The van der Waals surface area contributed by atoms with Gasteiger partial charge in [0.1, 0.15) is 17.1 Å². The van der Waals surface area contributed by atoms with Crippen LogP contribution in [0.4, 0.5) is 0 Å². The summed E-state index contributed by atoms with van der Waals surface area (Å²) in [6.45, 7) is 1.64. The summed E-state index contributed by atoms with van der Waals surface area (Å²) >= 11 is 3.26. The van der Waals surface area contributed by atoms with Gasteiger partial charge in [-0.1, -0.05) is 30.3 Å². The predicted octanol–water partition coefficient (Wildman–Crippen LogP) is 3.72. The molecule has 0 fully saturated rings. The Labute approximate surface area is 101 Å². The normalized spacial score (nSPS) is 10.4. The third-order valence-corrected chi connectivity index (χ3v) is 3.03. The molecule has 0 unspecified atom stereocenters. The van der Waals surface area contributed by atoms with Crippen molar-refractivity contribution in [3.05, 3.63) is 46.1 Å². The molecule has 1 N–H and O–H groups in total. The van der Waals surface area contributed by atoms with Gasteiger partial charge in [0.25, 0.3) is 0 Å². The lowest BCUT2D eigenvalue weighted by Gasteiger charge is -1.96. The van der Waals surface area contributed by atoms with E-state index in [0.717, 1.165) is 5.56 Å². The molecule has 1 aromatic heterocycles. The minimum Gasteiger partial charge on any atom is -0.478 e. The molecule has 0 aliphatic carbocycles. The largest absolute Gasteiger partial charge is 0.478 e. The van der Waals surface area contributed by atoms with Gasteiger partial charge in [0.05, 0.1) is 4.47 Å². The highest BCUT2D eigenvalue weighted by Gasteiger charge is 2.21. The average molecular weight is 281 g/mol. The second-order valence-electron chi connectivity index (χ2n) is 3.35. The topological polar surface area (TPSA) is 50.4 Å². The summed E-state index contributed by atoms with van der Waals surface area (Å²) in [6, 6.07) is 9.38. The maximum Gasteiger partial charge on any atom is 0.340 e. The molecule has 1 aromatic carbocycles. The van der Waals surface area contributed by atoms with Gasteiger partial charge in [-0.05, 0) is 22.9 Å². The van der Waals surface area contributed by atoms with Crippen LogP contribution in [-0.4, -0.2) is 11.1 Å². The number of aromatic carboxylic acids is 1. The van der Waals surface area contributed by atoms with E-state index in [1.165, 1.54) is 0 Å². The zero-order valence-electron chi connectivity index (χ0n) is 8.53. The van der Waals surface area contributed by atoms with Gasteiger partial charge in [0, 0.05) is 5.56 Å². The Morgan fingerprint density at radius 3 is 2.44 bits per heavy atom.